The van der Waals surface area contributed by atoms with Crippen LogP contribution in [-0.4, -0.2) is 16.3 Å². The standard InChI is InChI=1S/C16H22N4/c1-12(2)20-11-14(10-18-20)19-16-7-8-17-9-13-5-3-4-6-15(13)16/h3-6,10-12,16-17,19H,7-9H2,1-2H3. The van der Waals surface area contributed by atoms with Gasteiger partial charge in [0.05, 0.1) is 17.9 Å². The molecule has 0 amide bonds. The molecule has 0 saturated heterocycles. The molecule has 0 bridgehead atoms. The number of fused-ring (bicyclic) bond motifs is 1. The monoisotopic (exact) mass is 270 g/mol. The summed E-state index contributed by atoms with van der Waals surface area (Å²) in [7, 11) is 0. The Labute approximate surface area is 120 Å². The van der Waals surface area contributed by atoms with Gasteiger partial charge in [0, 0.05) is 18.8 Å². The highest BCUT2D eigenvalue weighted by Gasteiger charge is 2.18. The molecule has 1 aromatic heterocycles. The highest BCUT2D eigenvalue weighted by Crippen LogP contribution is 2.27. The quantitative estimate of drug-likeness (QED) is 0.900. The van der Waals surface area contributed by atoms with E-state index in [0.29, 0.717) is 12.1 Å². The van der Waals surface area contributed by atoms with Crippen molar-refractivity contribution in [2.24, 2.45) is 0 Å². The predicted molar refractivity (Wildman–Crippen MR) is 81.7 cm³/mol. The lowest BCUT2D eigenvalue weighted by atomic mass is 9.99. The smallest absolute Gasteiger partial charge is 0.0731 e. The fraction of sp³-hybridized carbons (Fsp3) is 0.438. The first-order chi connectivity index (χ1) is 9.74. The summed E-state index contributed by atoms with van der Waals surface area (Å²) in [4.78, 5) is 0. The molecule has 4 nitrogen and oxygen atoms in total. The highest BCUT2D eigenvalue weighted by molar-refractivity contribution is 5.44. The van der Waals surface area contributed by atoms with E-state index in [1.54, 1.807) is 0 Å². The Bertz CT molecular complexity index is 573. The van der Waals surface area contributed by atoms with Gasteiger partial charge in [-0.15, -0.1) is 0 Å². The van der Waals surface area contributed by atoms with E-state index in [1.165, 1.54) is 11.1 Å². The number of aromatic nitrogens is 2. The van der Waals surface area contributed by atoms with Gasteiger partial charge < -0.3 is 10.6 Å². The van der Waals surface area contributed by atoms with Crippen LogP contribution in [0, 0.1) is 0 Å². The van der Waals surface area contributed by atoms with E-state index in [1.807, 2.05) is 10.9 Å². The first-order valence-corrected chi connectivity index (χ1v) is 7.33. The van der Waals surface area contributed by atoms with Crippen molar-refractivity contribution in [1.29, 1.82) is 0 Å². The van der Waals surface area contributed by atoms with Crippen LogP contribution in [0.25, 0.3) is 0 Å². The molecule has 0 saturated carbocycles. The number of benzene rings is 1. The summed E-state index contributed by atoms with van der Waals surface area (Å²) in [6, 6.07) is 9.42. The first-order valence-electron chi connectivity index (χ1n) is 7.33. The number of hydrogen-bond acceptors (Lipinski definition) is 3. The summed E-state index contributed by atoms with van der Waals surface area (Å²) in [6.45, 7) is 6.27. The van der Waals surface area contributed by atoms with Crippen molar-refractivity contribution in [3.05, 3.63) is 47.8 Å². The van der Waals surface area contributed by atoms with Gasteiger partial charge in [0.25, 0.3) is 0 Å². The third-order valence-electron chi connectivity index (χ3n) is 3.83. The van der Waals surface area contributed by atoms with Crippen molar-refractivity contribution in [3.63, 3.8) is 0 Å². The third kappa shape index (κ3) is 2.70. The Morgan fingerprint density at radius 3 is 3.00 bits per heavy atom. The van der Waals surface area contributed by atoms with Gasteiger partial charge in [-0.25, -0.2) is 0 Å². The third-order valence-corrected chi connectivity index (χ3v) is 3.83. The van der Waals surface area contributed by atoms with Gasteiger partial charge >= 0.3 is 0 Å². The molecule has 0 radical (unpaired) electrons. The molecule has 2 N–H and O–H groups in total. The lowest BCUT2D eigenvalue weighted by Gasteiger charge is -2.19. The minimum Gasteiger partial charge on any atom is -0.376 e. The number of rotatable bonds is 3. The normalized spacial score (nSPS) is 18.6. The number of nitrogens with zero attached hydrogens (tertiary/aromatic N) is 2. The van der Waals surface area contributed by atoms with Crippen molar-refractivity contribution in [3.8, 4) is 0 Å². The molecule has 1 atom stereocenters. The molecule has 1 unspecified atom stereocenters. The van der Waals surface area contributed by atoms with E-state index in [4.69, 9.17) is 0 Å². The van der Waals surface area contributed by atoms with Crippen LogP contribution < -0.4 is 10.6 Å². The molecule has 2 heterocycles. The summed E-state index contributed by atoms with van der Waals surface area (Å²) in [5, 5.41) is 11.5. The van der Waals surface area contributed by atoms with Crippen molar-refractivity contribution in [1.82, 2.24) is 15.1 Å². The van der Waals surface area contributed by atoms with Crippen LogP contribution in [0.15, 0.2) is 36.7 Å². The average molecular weight is 270 g/mol. The Morgan fingerprint density at radius 2 is 2.20 bits per heavy atom. The van der Waals surface area contributed by atoms with Gasteiger partial charge in [0.1, 0.15) is 0 Å². The molecular formula is C16H22N4. The minimum atomic E-state index is 0.353. The van der Waals surface area contributed by atoms with Gasteiger partial charge in [0.15, 0.2) is 0 Å². The second-order valence-electron chi connectivity index (χ2n) is 5.66. The molecule has 106 valence electrons. The molecule has 4 heteroatoms. The molecule has 1 aliphatic rings. The maximum absolute atomic E-state index is 4.40. The van der Waals surface area contributed by atoms with Crippen molar-refractivity contribution in [2.75, 3.05) is 11.9 Å². The molecule has 0 aliphatic carbocycles. The van der Waals surface area contributed by atoms with Gasteiger partial charge in [-0.05, 0) is 37.9 Å². The summed E-state index contributed by atoms with van der Waals surface area (Å²) in [5.74, 6) is 0. The molecule has 3 rings (SSSR count). The Hall–Kier alpha value is -1.81. The first kappa shape index (κ1) is 13.2. The predicted octanol–water partition coefficient (Wildman–Crippen LogP) is 3.11. The Morgan fingerprint density at radius 1 is 1.35 bits per heavy atom. The lowest BCUT2D eigenvalue weighted by Crippen LogP contribution is -2.15. The van der Waals surface area contributed by atoms with E-state index in [-0.39, 0.29) is 0 Å². The van der Waals surface area contributed by atoms with Gasteiger partial charge in [-0.2, -0.15) is 5.10 Å². The largest absolute Gasteiger partial charge is 0.376 e. The van der Waals surface area contributed by atoms with Crippen LogP contribution >= 0.6 is 0 Å². The van der Waals surface area contributed by atoms with E-state index in [2.05, 4.69) is 60.0 Å². The maximum Gasteiger partial charge on any atom is 0.0731 e. The Balaban J connectivity index is 1.82. The van der Waals surface area contributed by atoms with Crippen LogP contribution in [0.5, 0.6) is 0 Å². The van der Waals surface area contributed by atoms with E-state index < -0.39 is 0 Å². The highest BCUT2D eigenvalue weighted by atomic mass is 15.3. The van der Waals surface area contributed by atoms with Crippen molar-refractivity contribution < 1.29 is 0 Å². The van der Waals surface area contributed by atoms with Crippen molar-refractivity contribution >= 4 is 5.69 Å². The molecule has 1 aromatic carbocycles. The van der Waals surface area contributed by atoms with Crippen LogP contribution in [0.1, 0.15) is 43.5 Å². The average Bonchev–Trinajstić information content (AvgIpc) is 2.82. The lowest BCUT2D eigenvalue weighted by molar-refractivity contribution is 0.532. The van der Waals surface area contributed by atoms with Crippen LogP contribution in [-0.2, 0) is 6.54 Å². The summed E-state index contributed by atoms with van der Waals surface area (Å²) < 4.78 is 1.99. The van der Waals surface area contributed by atoms with E-state index >= 15 is 0 Å². The number of nitrogens with one attached hydrogen (secondary N) is 2. The van der Waals surface area contributed by atoms with Gasteiger partial charge in [-0.3, -0.25) is 4.68 Å². The van der Waals surface area contributed by atoms with E-state index in [9.17, 15) is 0 Å². The number of hydrogen-bond donors (Lipinski definition) is 2. The van der Waals surface area contributed by atoms with Crippen LogP contribution in [0.3, 0.4) is 0 Å². The summed E-state index contributed by atoms with van der Waals surface area (Å²) in [5.41, 5.74) is 3.88. The maximum atomic E-state index is 4.40. The summed E-state index contributed by atoms with van der Waals surface area (Å²) in [6.07, 6.45) is 5.09. The minimum absolute atomic E-state index is 0.353. The fourth-order valence-corrected chi connectivity index (χ4v) is 2.71. The van der Waals surface area contributed by atoms with Gasteiger partial charge in [0.2, 0.25) is 0 Å². The zero-order valence-corrected chi connectivity index (χ0v) is 12.1. The van der Waals surface area contributed by atoms with Crippen molar-refractivity contribution in [2.45, 2.75) is 38.9 Å². The SMILES string of the molecule is CC(C)n1cc(NC2CCNCc3ccccc32)cn1. The molecule has 0 fully saturated rings. The molecule has 0 spiro atoms. The zero-order chi connectivity index (χ0) is 13.9. The fourth-order valence-electron chi connectivity index (χ4n) is 2.71. The second kappa shape index (κ2) is 5.67. The molecule has 2 aromatic rings. The van der Waals surface area contributed by atoms with Crippen LogP contribution in [0.4, 0.5) is 5.69 Å². The topological polar surface area (TPSA) is 41.9 Å². The molecule has 1 aliphatic heterocycles. The zero-order valence-electron chi connectivity index (χ0n) is 12.1. The molecule has 20 heavy (non-hydrogen) atoms. The second-order valence-corrected chi connectivity index (χ2v) is 5.66. The molecular weight excluding hydrogens is 248 g/mol. The van der Waals surface area contributed by atoms with Gasteiger partial charge in [-0.1, -0.05) is 24.3 Å². The Kier molecular flexibility index (Phi) is 3.74. The van der Waals surface area contributed by atoms with Crippen LogP contribution in [0.2, 0.25) is 0 Å². The number of anilines is 1. The summed E-state index contributed by atoms with van der Waals surface area (Å²) >= 11 is 0. The van der Waals surface area contributed by atoms with E-state index in [0.717, 1.165) is 25.2 Å².